The zero-order chi connectivity index (χ0) is 20.3. The third-order valence-corrected chi connectivity index (χ3v) is 6.59. The average molecular weight is 433 g/mol. The number of anilines is 1. The summed E-state index contributed by atoms with van der Waals surface area (Å²) in [5.41, 5.74) is 1.56. The number of rotatable bonds is 4. The molecule has 4 rings (SSSR count). The minimum atomic E-state index is -0.439. The smallest absolute Gasteiger partial charge is 0.341 e. The van der Waals surface area contributed by atoms with Gasteiger partial charge in [-0.05, 0) is 30.8 Å². The van der Waals surface area contributed by atoms with Crippen LogP contribution in [0.3, 0.4) is 0 Å². The summed E-state index contributed by atoms with van der Waals surface area (Å²) in [5, 5.41) is 4.59. The molecule has 2 aliphatic rings. The van der Waals surface area contributed by atoms with E-state index in [1.54, 1.807) is 6.92 Å². The highest BCUT2D eigenvalue weighted by Gasteiger charge is 2.40. The Morgan fingerprint density at radius 2 is 1.93 bits per heavy atom. The molecule has 2 aromatic rings. The summed E-state index contributed by atoms with van der Waals surface area (Å²) in [6, 6.07) is 11.8. The van der Waals surface area contributed by atoms with Gasteiger partial charge in [-0.3, -0.25) is 0 Å². The van der Waals surface area contributed by atoms with Gasteiger partial charge in [0.2, 0.25) is 0 Å². The van der Waals surface area contributed by atoms with E-state index in [0.717, 1.165) is 36.4 Å². The maximum absolute atomic E-state index is 12.5. The van der Waals surface area contributed by atoms with Crippen LogP contribution in [0, 0.1) is 0 Å². The van der Waals surface area contributed by atoms with Crippen LogP contribution in [0.25, 0.3) is 10.4 Å². The molecule has 0 bridgehead atoms. The van der Waals surface area contributed by atoms with Gasteiger partial charge in [0, 0.05) is 30.8 Å². The van der Waals surface area contributed by atoms with Crippen molar-refractivity contribution in [2.75, 3.05) is 38.2 Å². The summed E-state index contributed by atoms with van der Waals surface area (Å²) < 4.78 is 16.8. The molecule has 2 aliphatic heterocycles. The standard InChI is InChI=1S/C21H24N2O4S2/c1-2-25-19(24)16-14-17(15-6-4-3-5-7-15)29-18(16)22-20(28)23-10-8-21(9-11-23)26-12-13-27-21/h3-7,14H,2,8-13H2,1H3,(H,22,28). The molecule has 0 radical (unpaired) electrons. The van der Waals surface area contributed by atoms with Crippen molar-refractivity contribution < 1.29 is 19.0 Å². The van der Waals surface area contributed by atoms with Crippen molar-refractivity contribution in [2.24, 2.45) is 0 Å². The molecule has 1 aromatic carbocycles. The van der Waals surface area contributed by atoms with Gasteiger partial charge >= 0.3 is 5.97 Å². The number of carbonyl (C=O) groups excluding carboxylic acids is 1. The van der Waals surface area contributed by atoms with E-state index in [2.05, 4.69) is 10.2 Å². The molecule has 0 unspecified atom stereocenters. The number of esters is 1. The molecular weight excluding hydrogens is 408 g/mol. The Balaban J connectivity index is 1.50. The lowest BCUT2D eigenvalue weighted by molar-refractivity contribution is -0.180. The Morgan fingerprint density at radius 3 is 2.59 bits per heavy atom. The summed E-state index contributed by atoms with van der Waals surface area (Å²) in [6.07, 6.45) is 1.55. The minimum Gasteiger partial charge on any atom is -0.462 e. The van der Waals surface area contributed by atoms with Gasteiger partial charge in [0.1, 0.15) is 5.00 Å². The second-order valence-corrected chi connectivity index (χ2v) is 8.40. The van der Waals surface area contributed by atoms with Crippen LogP contribution in [0.2, 0.25) is 0 Å². The Morgan fingerprint density at radius 1 is 1.24 bits per heavy atom. The maximum Gasteiger partial charge on any atom is 0.341 e. The lowest BCUT2D eigenvalue weighted by atomic mass is 10.0. The van der Waals surface area contributed by atoms with Crippen LogP contribution in [0.5, 0.6) is 0 Å². The first-order chi connectivity index (χ1) is 14.1. The third kappa shape index (κ3) is 4.45. The summed E-state index contributed by atoms with van der Waals surface area (Å²) >= 11 is 7.15. The molecular formula is C21H24N2O4S2. The van der Waals surface area contributed by atoms with Crippen LogP contribution in [-0.2, 0) is 14.2 Å². The third-order valence-electron chi connectivity index (χ3n) is 5.13. The number of thiocarbonyl (C=S) groups is 1. The van der Waals surface area contributed by atoms with Crippen LogP contribution in [-0.4, -0.2) is 54.7 Å². The molecule has 0 saturated carbocycles. The topological polar surface area (TPSA) is 60.0 Å². The Bertz CT molecular complexity index is 868. The molecule has 0 atom stereocenters. The molecule has 29 heavy (non-hydrogen) atoms. The fourth-order valence-corrected chi connectivity index (χ4v) is 5.00. The molecule has 2 fully saturated rings. The molecule has 154 valence electrons. The normalized spacial score (nSPS) is 18.0. The summed E-state index contributed by atoms with van der Waals surface area (Å²) in [6.45, 7) is 4.94. The number of likely N-dealkylation sites (tertiary alicyclic amines) is 1. The van der Waals surface area contributed by atoms with Gasteiger partial charge in [-0.15, -0.1) is 11.3 Å². The average Bonchev–Trinajstić information content (AvgIpc) is 3.37. The highest BCUT2D eigenvalue weighted by molar-refractivity contribution is 7.80. The van der Waals surface area contributed by atoms with E-state index in [0.29, 0.717) is 35.5 Å². The van der Waals surface area contributed by atoms with Crippen molar-refractivity contribution in [3.05, 3.63) is 42.0 Å². The molecule has 1 aromatic heterocycles. The monoisotopic (exact) mass is 432 g/mol. The molecule has 1 N–H and O–H groups in total. The van der Waals surface area contributed by atoms with Gasteiger partial charge < -0.3 is 24.4 Å². The number of piperidine rings is 1. The fraction of sp³-hybridized carbons (Fsp3) is 0.429. The van der Waals surface area contributed by atoms with Crippen molar-refractivity contribution in [1.29, 1.82) is 0 Å². The van der Waals surface area contributed by atoms with Crippen LogP contribution < -0.4 is 5.32 Å². The van der Waals surface area contributed by atoms with E-state index < -0.39 is 5.79 Å². The van der Waals surface area contributed by atoms with Crippen LogP contribution >= 0.6 is 23.6 Å². The van der Waals surface area contributed by atoms with E-state index in [1.807, 2.05) is 36.4 Å². The Hall–Kier alpha value is -2.00. The van der Waals surface area contributed by atoms with Gasteiger partial charge in [-0.25, -0.2) is 4.79 Å². The minimum absolute atomic E-state index is 0.327. The fourth-order valence-electron chi connectivity index (χ4n) is 3.60. The van der Waals surface area contributed by atoms with Crippen molar-refractivity contribution in [3.8, 4) is 10.4 Å². The zero-order valence-corrected chi connectivity index (χ0v) is 17.9. The number of hydrogen-bond donors (Lipinski definition) is 1. The SMILES string of the molecule is CCOC(=O)c1cc(-c2ccccc2)sc1NC(=S)N1CCC2(CC1)OCCO2. The molecule has 8 heteroatoms. The summed E-state index contributed by atoms with van der Waals surface area (Å²) in [5.74, 6) is -0.785. The highest BCUT2D eigenvalue weighted by atomic mass is 32.1. The molecule has 1 spiro atoms. The number of hydrogen-bond acceptors (Lipinski definition) is 6. The number of ether oxygens (including phenoxy) is 3. The van der Waals surface area contributed by atoms with Gasteiger partial charge in [0.15, 0.2) is 10.9 Å². The number of nitrogens with one attached hydrogen (secondary N) is 1. The largest absolute Gasteiger partial charge is 0.462 e. The van der Waals surface area contributed by atoms with E-state index in [9.17, 15) is 4.79 Å². The van der Waals surface area contributed by atoms with Crippen molar-refractivity contribution in [2.45, 2.75) is 25.6 Å². The first-order valence-electron chi connectivity index (χ1n) is 9.80. The van der Waals surface area contributed by atoms with Gasteiger partial charge in [0.05, 0.1) is 25.4 Å². The van der Waals surface area contributed by atoms with Crippen molar-refractivity contribution in [1.82, 2.24) is 4.90 Å². The second kappa shape index (κ2) is 8.79. The Kier molecular flexibility index (Phi) is 6.15. The molecule has 6 nitrogen and oxygen atoms in total. The highest BCUT2D eigenvalue weighted by Crippen LogP contribution is 2.37. The Labute approximate surface area is 179 Å². The predicted octanol–water partition coefficient (Wildman–Crippen LogP) is 4.13. The van der Waals surface area contributed by atoms with E-state index in [-0.39, 0.29) is 5.97 Å². The maximum atomic E-state index is 12.5. The lowest BCUT2D eigenvalue weighted by Crippen LogP contribution is -2.48. The number of nitrogens with zero attached hydrogens (tertiary/aromatic N) is 1. The van der Waals surface area contributed by atoms with E-state index >= 15 is 0 Å². The lowest BCUT2D eigenvalue weighted by Gasteiger charge is -2.38. The molecule has 0 amide bonds. The number of thiophene rings is 1. The van der Waals surface area contributed by atoms with Crippen LogP contribution in [0.1, 0.15) is 30.1 Å². The quantitative estimate of drug-likeness (QED) is 0.576. The van der Waals surface area contributed by atoms with Crippen molar-refractivity contribution >= 4 is 39.6 Å². The predicted molar refractivity (Wildman–Crippen MR) is 117 cm³/mol. The van der Waals surface area contributed by atoms with E-state index in [4.69, 9.17) is 26.4 Å². The van der Waals surface area contributed by atoms with Gasteiger partial charge in [-0.2, -0.15) is 0 Å². The number of carbonyl (C=O) groups is 1. The van der Waals surface area contributed by atoms with Crippen LogP contribution in [0.15, 0.2) is 36.4 Å². The first-order valence-corrected chi connectivity index (χ1v) is 11.0. The van der Waals surface area contributed by atoms with Gasteiger partial charge in [-0.1, -0.05) is 30.3 Å². The summed E-state index contributed by atoms with van der Waals surface area (Å²) in [4.78, 5) is 15.6. The van der Waals surface area contributed by atoms with E-state index in [1.165, 1.54) is 11.3 Å². The second-order valence-electron chi connectivity index (χ2n) is 6.96. The zero-order valence-electron chi connectivity index (χ0n) is 16.3. The molecule has 0 aliphatic carbocycles. The van der Waals surface area contributed by atoms with Crippen LogP contribution in [0.4, 0.5) is 5.00 Å². The molecule has 3 heterocycles. The van der Waals surface area contributed by atoms with Crippen molar-refractivity contribution in [3.63, 3.8) is 0 Å². The molecule has 2 saturated heterocycles. The first kappa shape index (κ1) is 20.3. The summed E-state index contributed by atoms with van der Waals surface area (Å²) in [7, 11) is 0. The number of benzene rings is 1. The van der Waals surface area contributed by atoms with Gasteiger partial charge in [0.25, 0.3) is 0 Å².